The highest BCUT2D eigenvalue weighted by Crippen LogP contribution is 2.36. The van der Waals surface area contributed by atoms with Crippen LogP contribution in [0.25, 0.3) is 0 Å². The predicted octanol–water partition coefficient (Wildman–Crippen LogP) is 2.78. The Labute approximate surface area is 109 Å². The lowest BCUT2D eigenvalue weighted by molar-refractivity contribution is -0.139. The Morgan fingerprint density at radius 2 is 1.84 bits per heavy atom. The monoisotopic (exact) mass is 293 g/mol. The Morgan fingerprint density at radius 3 is 2.37 bits per heavy atom. The molecule has 1 atom stereocenters. The van der Waals surface area contributed by atoms with Crippen molar-refractivity contribution in [1.82, 2.24) is 4.72 Å². The van der Waals surface area contributed by atoms with E-state index in [0.29, 0.717) is 0 Å². The van der Waals surface area contributed by atoms with Crippen LogP contribution >= 0.6 is 0 Å². The molecular formula is C12H14F3NO2S. The van der Waals surface area contributed by atoms with E-state index in [1.807, 2.05) is 0 Å². The quantitative estimate of drug-likeness (QED) is 0.928. The third kappa shape index (κ3) is 3.27. The van der Waals surface area contributed by atoms with Gasteiger partial charge in [-0.05, 0) is 37.8 Å². The van der Waals surface area contributed by atoms with E-state index in [1.165, 1.54) is 12.1 Å². The maximum Gasteiger partial charge on any atom is 0.417 e. The van der Waals surface area contributed by atoms with Gasteiger partial charge in [-0.3, -0.25) is 0 Å². The molecule has 0 radical (unpaired) electrons. The summed E-state index contributed by atoms with van der Waals surface area (Å²) in [4.78, 5) is -0.713. The van der Waals surface area contributed by atoms with E-state index in [9.17, 15) is 21.6 Å². The number of alkyl halides is 3. The molecule has 0 bridgehead atoms. The van der Waals surface area contributed by atoms with Crippen molar-refractivity contribution in [3.05, 3.63) is 29.8 Å². The van der Waals surface area contributed by atoms with Gasteiger partial charge < -0.3 is 0 Å². The number of sulfonamides is 1. The zero-order valence-corrected chi connectivity index (χ0v) is 11.1. The maximum absolute atomic E-state index is 12.8. The summed E-state index contributed by atoms with van der Waals surface area (Å²) in [6, 6.07) is 3.87. The molecule has 1 aromatic rings. The Bertz CT molecular complexity index is 565. The van der Waals surface area contributed by atoms with E-state index in [1.54, 1.807) is 6.92 Å². The van der Waals surface area contributed by atoms with Crippen molar-refractivity contribution in [1.29, 1.82) is 0 Å². The highest BCUT2D eigenvalue weighted by atomic mass is 32.2. The molecule has 1 saturated carbocycles. The number of hydrogen-bond acceptors (Lipinski definition) is 2. The highest BCUT2D eigenvalue weighted by Gasteiger charge is 2.38. The van der Waals surface area contributed by atoms with E-state index in [2.05, 4.69) is 4.72 Å². The van der Waals surface area contributed by atoms with Crippen molar-refractivity contribution < 1.29 is 21.6 Å². The first-order valence-corrected chi connectivity index (χ1v) is 7.38. The molecule has 2 rings (SSSR count). The van der Waals surface area contributed by atoms with Crippen LogP contribution in [0.4, 0.5) is 13.2 Å². The molecule has 7 heteroatoms. The van der Waals surface area contributed by atoms with Gasteiger partial charge in [-0.1, -0.05) is 12.1 Å². The fourth-order valence-corrected chi connectivity index (χ4v) is 3.48. The van der Waals surface area contributed by atoms with Gasteiger partial charge in [0.15, 0.2) is 0 Å². The van der Waals surface area contributed by atoms with Crippen LogP contribution in [-0.2, 0) is 16.2 Å². The van der Waals surface area contributed by atoms with Crippen LogP contribution in [0.5, 0.6) is 0 Å². The third-order valence-electron chi connectivity index (χ3n) is 3.15. The van der Waals surface area contributed by atoms with Gasteiger partial charge in [0, 0.05) is 6.04 Å². The molecule has 106 valence electrons. The lowest BCUT2D eigenvalue weighted by Crippen LogP contribution is -2.35. The summed E-state index contributed by atoms with van der Waals surface area (Å²) in [6.07, 6.45) is -2.87. The lowest BCUT2D eigenvalue weighted by Gasteiger charge is -2.17. The van der Waals surface area contributed by atoms with E-state index in [0.717, 1.165) is 25.0 Å². The zero-order chi connectivity index (χ0) is 14.3. The number of benzene rings is 1. The molecule has 19 heavy (non-hydrogen) atoms. The lowest BCUT2D eigenvalue weighted by atomic mass is 10.2. The maximum atomic E-state index is 12.8. The number of hydrogen-bond donors (Lipinski definition) is 1. The molecule has 1 aromatic carbocycles. The standard InChI is InChI=1S/C12H14F3NO2S/c1-8(9-6-7-9)16-19(17,18)11-5-3-2-4-10(11)12(13,14)15/h2-5,8-9,16H,6-7H2,1H3. The highest BCUT2D eigenvalue weighted by molar-refractivity contribution is 7.89. The summed E-state index contributed by atoms with van der Waals surface area (Å²) < 4.78 is 64.8. The molecule has 0 heterocycles. The Hall–Kier alpha value is -1.08. The van der Waals surface area contributed by atoms with Gasteiger partial charge in [-0.25, -0.2) is 13.1 Å². The summed E-state index contributed by atoms with van der Waals surface area (Å²) in [7, 11) is -4.15. The molecular weight excluding hydrogens is 279 g/mol. The second-order valence-electron chi connectivity index (χ2n) is 4.74. The molecule has 0 aliphatic heterocycles. The summed E-state index contributed by atoms with van der Waals surface area (Å²) in [5.74, 6) is 0.229. The van der Waals surface area contributed by atoms with Crippen LogP contribution in [0.3, 0.4) is 0 Å². The molecule has 1 aliphatic rings. The van der Waals surface area contributed by atoms with Crippen LogP contribution in [-0.4, -0.2) is 14.5 Å². The summed E-state index contributed by atoms with van der Waals surface area (Å²) in [6.45, 7) is 1.67. The van der Waals surface area contributed by atoms with Crippen LogP contribution in [0.2, 0.25) is 0 Å². The van der Waals surface area contributed by atoms with Crippen molar-refractivity contribution in [2.75, 3.05) is 0 Å². The van der Waals surface area contributed by atoms with Crippen LogP contribution in [0.1, 0.15) is 25.3 Å². The first-order chi connectivity index (χ1) is 8.72. The molecule has 1 aliphatic carbocycles. The number of nitrogens with one attached hydrogen (secondary N) is 1. The van der Waals surface area contributed by atoms with Gasteiger partial charge >= 0.3 is 6.18 Å². The summed E-state index contributed by atoms with van der Waals surface area (Å²) >= 11 is 0. The van der Waals surface area contributed by atoms with E-state index < -0.39 is 26.7 Å². The number of rotatable bonds is 4. The SMILES string of the molecule is CC(NS(=O)(=O)c1ccccc1C(F)(F)F)C1CC1. The second-order valence-corrected chi connectivity index (χ2v) is 6.42. The average molecular weight is 293 g/mol. The first kappa shape index (κ1) is 14.3. The van der Waals surface area contributed by atoms with Crippen molar-refractivity contribution >= 4 is 10.0 Å². The predicted molar refractivity (Wildman–Crippen MR) is 64.0 cm³/mol. The van der Waals surface area contributed by atoms with E-state index >= 15 is 0 Å². The molecule has 0 aromatic heterocycles. The first-order valence-electron chi connectivity index (χ1n) is 5.90. The van der Waals surface area contributed by atoms with Gasteiger partial charge in [0.1, 0.15) is 0 Å². The third-order valence-corrected chi connectivity index (χ3v) is 4.77. The topological polar surface area (TPSA) is 46.2 Å². The zero-order valence-electron chi connectivity index (χ0n) is 10.2. The van der Waals surface area contributed by atoms with Gasteiger partial charge in [-0.2, -0.15) is 13.2 Å². The minimum absolute atomic E-state index is 0.229. The normalized spacial score (nSPS) is 18.3. The van der Waals surface area contributed by atoms with E-state index in [-0.39, 0.29) is 12.0 Å². The molecule has 0 amide bonds. The second kappa shape index (κ2) is 4.79. The Balaban J connectivity index is 2.34. The Kier molecular flexibility index (Phi) is 3.61. The van der Waals surface area contributed by atoms with Crippen molar-refractivity contribution in [3.8, 4) is 0 Å². The largest absolute Gasteiger partial charge is 0.417 e. The summed E-state index contributed by atoms with van der Waals surface area (Å²) in [5, 5.41) is 0. The molecule has 0 spiro atoms. The molecule has 0 saturated heterocycles. The summed E-state index contributed by atoms with van der Waals surface area (Å²) in [5.41, 5.74) is -1.13. The molecule has 1 fully saturated rings. The van der Waals surface area contributed by atoms with Gasteiger partial charge in [0.25, 0.3) is 0 Å². The minimum Gasteiger partial charge on any atom is -0.208 e. The average Bonchev–Trinajstić information content (AvgIpc) is 3.11. The fourth-order valence-electron chi connectivity index (χ4n) is 1.94. The van der Waals surface area contributed by atoms with Crippen LogP contribution < -0.4 is 4.72 Å². The van der Waals surface area contributed by atoms with Crippen LogP contribution in [0.15, 0.2) is 29.2 Å². The molecule has 1 N–H and O–H groups in total. The van der Waals surface area contributed by atoms with Crippen molar-refractivity contribution in [2.45, 2.75) is 36.9 Å². The Morgan fingerprint density at radius 1 is 1.26 bits per heavy atom. The van der Waals surface area contributed by atoms with Crippen molar-refractivity contribution in [2.24, 2.45) is 5.92 Å². The minimum atomic E-state index is -4.69. The van der Waals surface area contributed by atoms with Gasteiger partial charge in [-0.15, -0.1) is 0 Å². The number of halogens is 3. The molecule has 3 nitrogen and oxygen atoms in total. The fraction of sp³-hybridized carbons (Fsp3) is 0.500. The van der Waals surface area contributed by atoms with Gasteiger partial charge in [0.05, 0.1) is 10.5 Å². The van der Waals surface area contributed by atoms with E-state index in [4.69, 9.17) is 0 Å². The molecule has 1 unspecified atom stereocenters. The smallest absolute Gasteiger partial charge is 0.208 e. The van der Waals surface area contributed by atoms with Gasteiger partial charge in [0.2, 0.25) is 10.0 Å². The van der Waals surface area contributed by atoms with Crippen LogP contribution in [0, 0.1) is 5.92 Å². The van der Waals surface area contributed by atoms with Crippen molar-refractivity contribution in [3.63, 3.8) is 0 Å².